The van der Waals surface area contributed by atoms with E-state index < -0.39 is 0 Å². The molecule has 0 saturated heterocycles. The van der Waals surface area contributed by atoms with E-state index in [1.165, 1.54) is 6.20 Å². The lowest BCUT2D eigenvalue weighted by molar-refractivity contribution is 0.236. The van der Waals surface area contributed by atoms with Crippen LogP contribution in [0.25, 0.3) is 0 Å². The molecule has 0 spiro atoms. The number of amidine groups is 1. The molecule has 1 aromatic rings. The third-order valence-corrected chi connectivity index (χ3v) is 4.87. The standard InChI is InChI=1S/C19H23Cl2N3O/c1-4-7-15-16(11(3)25-5-2)17(13(10-22)19(23)24-15)12-8-6-9-14(20)18(12)21/h6,8-10,17H,3-5,7,22H2,1-2H3,(H2,23,24)/b13-10-. The number of allylic oxidation sites excluding steroid dienone is 2. The van der Waals surface area contributed by atoms with Crippen molar-refractivity contribution in [2.24, 2.45) is 16.5 Å². The molecule has 0 bridgehead atoms. The van der Waals surface area contributed by atoms with Crippen molar-refractivity contribution in [2.45, 2.75) is 32.6 Å². The van der Waals surface area contributed by atoms with Gasteiger partial charge in [-0.05, 0) is 25.0 Å². The summed E-state index contributed by atoms with van der Waals surface area (Å²) in [4.78, 5) is 4.55. The molecule has 0 aliphatic carbocycles. The molecule has 1 aliphatic heterocycles. The lowest BCUT2D eigenvalue weighted by Gasteiger charge is -2.30. The lowest BCUT2D eigenvalue weighted by atomic mass is 9.80. The van der Waals surface area contributed by atoms with Gasteiger partial charge in [0.2, 0.25) is 0 Å². The van der Waals surface area contributed by atoms with Crippen molar-refractivity contribution in [2.75, 3.05) is 6.61 Å². The second-order valence-electron chi connectivity index (χ2n) is 5.66. The fourth-order valence-electron chi connectivity index (χ4n) is 2.99. The molecule has 0 radical (unpaired) electrons. The van der Waals surface area contributed by atoms with Gasteiger partial charge < -0.3 is 16.2 Å². The van der Waals surface area contributed by atoms with Crippen LogP contribution in [0.3, 0.4) is 0 Å². The van der Waals surface area contributed by atoms with Gasteiger partial charge in [0, 0.05) is 23.3 Å². The van der Waals surface area contributed by atoms with Crippen molar-refractivity contribution in [3.8, 4) is 0 Å². The second kappa shape index (κ2) is 8.45. The number of nitrogens with zero attached hydrogens (tertiary/aromatic N) is 1. The monoisotopic (exact) mass is 379 g/mol. The van der Waals surface area contributed by atoms with E-state index in [4.69, 9.17) is 39.4 Å². The van der Waals surface area contributed by atoms with E-state index >= 15 is 0 Å². The molecule has 0 amide bonds. The molecule has 134 valence electrons. The van der Waals surface area contributed by atoms with E-state index in [9.17, 15) is 0 Å². The van der Waals surface area contributed by atoms with Gasteiger partial charge in [-0.15, -0.1) is 0 Å². The summed E-state index contributed by atoms with van der Waals surface area (Å²) in [5.41, 5.74) is 15.2. The molecule has 25 heavy (non-hydrogen) atoms. The Bertz CT molecular complexity index is 766. The van der Waals surface area contributed by atoms with Crippen LogP contribution in [0.4, 0.5) is 0 Å². The van der Waals surface area contributed by atoms with E-state index in [1.54, 1.807) is 6.07 Å². The van der Waals surface area contributed by atoms with Gasteiger partial charge in [-0.2, -0.15) is 0 Å². The maximum Gasteiger partial charge on any atom is 0.129 e. The minimum Gasteiger partial charge on any atom is -0.494 e. The predicted octanol–water partition coefficient (Wildman–Crippen LogP) is 4.89. The summed E-state index contributed by atoms with van der Waals surface area (Å²) in [6.45, 7) is 8.57. The summed E-state index contributed by atoms with van der Waals surface area (Å²) in [6.07, 6.45) is 3.12. The largest absolute Gasteiger partial charge is 0.494 e. The van der Waals surface area contributed by atoms with Crippen LogP contribution < -0.4 is 11.5 Å². The molecule has 1 aliphatic rings. The van der Waals surface area contributed by atoms with Gasteiger partial charge in [0.15, 0.2) is 0 Å². The number of nitrogens with two attached hydrogens (primary N) is 2. The Morgan fingerprint density at radius 1 is 1.36 bits per heavy atom. The minimum absolute atomic E-state index is 0.325. The van der Waals surface area contributed by atoms with Gasteiger partial charge in [0.1, 0.15) is 11.6 Å². The highest BCUT2D eigenvalue weighted by molar-refractivity contribution is 6.42. The van der Waals surface area contributed by atoms with Crippen LogP contribution >= 0.6 is 23.2 Å². The summed E-state index contributed by atoms with van der Waals surface area (Å²) >= 11 is 12.7. The summed E-state index contributed by atoms with van der Waals surface area (Å²) in [5, 5.41) is 0.927. The number of hydrogen-bond acceptors (Lipinski definition) is 4. The van der Waals surface area contributed by atoms with Crippen molar-refractivity contribution in [3.05, 3.63) is 69.2 Å². The third-order valence-electron chi connectivity index (χ3n) is 4.04. The number of benzene rings is 1. The molecule has 0 aromatic heterocycles. The minimum atomic E-state index is -0.325. The lowest BCUT2D eigenvalue weighted by Crippen LogP contribution is -2.28. The van der Waals surface area contributed by atoms with E-state index in [0.29, 0.717) is 33.8 Å². The van der Waals surface area contributed by atoms with Crippen LogP contribution in [-0.4, -0.2) is 12.4 Å². The highest BCUT2D eigenvalue weighted by Crippen LogP contribution is 2.45. The van der Waals surface area contributed by atoms with Crippen LogP contribution in [-0.2, 0) is 4.74 Å². The fourth-order valence-corrected chi connectivity index (χ4v) is 3.41. The molecule has 1 atom stereocenters. The van der Waals surface area contributed by atoms with Gasteiger partial charge in [-0.3, -0.25) is 0 Å². The van der Waals surface area contributed by atoms with E-state index in [-0.39, 0.29) is 5.92 Å². The zero-order valence-corrected chi connectivity index (χ0v) is 16.0. The molecule has 2 rings (SSSR count). The van der Waals surface area contributed by atoms with Gasteiger partial charge >= 0.3 is 0 Å². The van der Waals surface area contributed by atoms with E-state index in [0.717, 1.165) is 29.7 Å². The topological polar surface area (TPSA) is 73.6 Å². The quantitative estimate of drug-likeness (QED) is 0.690. The zero-order valence-electron chi connectivity index (χ0n) is 14.5. The Balaban J connectivity index is 2.75. The van der Waals surface area contributed by atoms with Gasteiger partial charge in [-0.25, -0.2) is 4.99 Å². The molecule has 6 heteroatoms. The van der Waals surface area contributed by atoms with Gasteiger partial charge in [-0.1, -0.05) is 55.3 Å². The summed E-state index contributed by atoms with van der Waals surface area (Å²) in [5.74, 6) is 0.594. The van der Waals surface area contributed by atoms with Crippen molar-refractivity contribution in [1.82, 2.24) is 0 Å². The Morgan fingerprint density at radius 3 is 2.68 bits per heavy atom. The summed E-state index contributed by atoms with van der Waals surface area (Å²) in [6, 6.07) is 5.50. The predicted molar refractivity (Wildman–Crippen MR) is 106 cm³/mol. The SMILES string of the molecule is C=C(OCC)C1=C(CCC)N=C(N)/C(=C\N)C1c1cccc(Cl)c1Cl. The van der Waals surface area contributed by atoms with Crippen molar-refractivity contribution in [1.29, 1.82) is 0 Å². The molecule has 0 fully saturated rings. The molecule has 4 N–H and O–H groups in total. The summed E-state index contributed by atoms with van der Waals surface area (Å²) in [7, 11) is 0. The molecular formula is C19H23Cl2N3O. The molecule has 0 saturated carbocycles. The Morgan fingerprint density at radius 2 is 2.08 bits per heavy atom. The van der Waals surface area contributed by atoms with Crippen LogP contribution in [0.2, 0.25) is 10.0 Å². The van der Waals surface area contributed by atoms with Crippen LogP contribution in [0, 0.1) is 0 Å². The van der Waals surface area contributed by atoms with Crippen LogP contribution in [0.1, 0.15) is 38.2 Å². The first-order chi connectivity index (χ1) is 12.0. The number of hydrogen-bond donors (Lipinski definition) is 2. The first kappa shape index (κ1) is 19.4. The molecule has 1 unspecified atom stereocenters. The van der Waals surface area contributed by atoms with Crippen molar-refractivity contribution >= 4 is 29.0 Å². The Labute approximate surface area is 158 Å². The van der Waals surface area contributed by atoms with Gasteiger partial charge in [0.25, 0.3) is 0 Å². The first-order valence-corrected chi connectivity index (χ1v) is 8.97. The maximum absolute atomic E-state index is 6.49. The first-order valence-electron chi connectivity index (χ1n) is 8.21. The fraction of sp³-hybridized carbons (Fsp3) is 0.316. The van der Waals surface area contributed by atoms with Crippen LogP contribution in [0.5, 0.6) is 0 Å². The Kier molecular flexibility index (Phi) is 6.57. The smallest absolute Gasteiger partial charge is 0.129 e. The molecular weight excluding hydrogens is 357 g/mol. The van der Waals surface area contributed by atoms with E-state index in [1.807, 2.05) is 19.1 Å². The highest BCUT2D eigenvalue weighted by atomic mass is 35.5. The number of halogens is 2. The second-order valence-corrected chi connectivity index (χ2v) is 6.45. The number of ether oxygens (including phenoxy) is 1. The molecule has 4 nitrogen and oxygen atoms in total. The van der Waals surface area contributed by atoms with Crippen LogP contribution in [0.15, 0.2) is 58.6 Å². The van der Waals surface area contributed by atoms with E-state index in [2.05, 4.69) is 18.5 Å². The van der Waals surface area contributed by atoms with Crippen molar-refractivity contribution < 1.29 is 4.74 Å². The molecule has 1 aromatic carbocycles. The summed E-state index contributed by atoms with van der Waals surface area (Å²) < 4.78 is 5.70. The number of aliphatic imine (C=N–C) groups is 1. The third kappa shape index (κ3) is 3.86. The number of rotatable bonds is 6. The average molecular weight is 380 g/mol. The van der Waals surface area contributed by atoms with Gasteiger partial charge in [0.05, 0.1) is 22.3 Å². The maximum atomic E-state index is 6.49. The van der Waals surface area contributed by atoms with Crippen molar-refractivity contribution in [3.63, 3.8) is 0 Å². The normalized spacial score (nSPS) is 19.1. The Hall–Kier alpha value is -1.91. The molecule has 1 heterocycles. The highest BCUT2D eigenvalue weighted by Gasteiger charge is 2.34. The zero-order chi connectivity index (χ0) is 18.6. The average Bonchev–Trinajstić information content (AvgIpc) is 2.57.